The molecule has 0 amide bonds. The fraction of sp³-hybridized carbons (Fsp3) is 0.632. The molecule has 1 aromatic carbocycles. The number of hydrogen-bond acceptors (Lipinski definition) is 2. The molecule has 2 fully saturated rings. The quantitative estimate of drug-likeness (QED) is 0.689. The number of nitrogens with two attached hydrogens (primary N) is 1. The number of rotatable bonds is 3. The minimum absolute atomic E-state index is 0.0766. The highest BCUT2D eigenvalue weighted by Crippen LogP contribution is 2.35. The number of benzene rings is 1. The van der Waals surface area contributed by atoms with Gasteiger partial charge in [-0.25, -0.2) is 0 Å². The van der Waals surface area contributed by atoms with Crippen molar-refractivity contribution in [2.45, 2.75) is 38.0 Å². The highest BCUT2D eigenvalue weighted by atomic mass is 16.5. The maximum atomic E-state index is 6.29. The van der Waals surface area contributed by atoms with Crippen LogP contribution in [0.4, 0.5) is 0 Å². The predicted octanol–water partition coefficient (Wildman–Crippen LogP) is 2.78. The van der Waals surface area contributed by atoms with E-state index in [1.54, 1.807) is 0 Å². The van der Waals surface area contributed by atoms with E-state index in [2.05, 4.69) is 42.2 Å². The molecule has 2 heterocycles. The van der Waals surface area contributed by atoms with Crippen LogP contribution >= 0.6 is 0 Å². The van der Waals surface area contributed by atoms with Crippen LogP contribution in [0.5, 0.6) is 0 Å². The topological polar surface area (TPSA) is 50.8 Å². The van der Waals surface area contributed by atoms with E-state index >= 15 is 0 Å². The first kappa shape index (κ1) is 16.3. The van der Waals surface area contributed by atoms with Crippen LogP contribution in [-0.2, 0) is 10.2 Å². The van der Waals surface area contributed by atoms with Gasteiger partial charge < -0.3 is 15.4 Å². The number of ether oxygens (including phenoxy) is 1. The van der Waals surface area contributed by atoms with Crippen molar-refractivity contribution in [2.24, 2.45) is 16.6 Å². The second kappa shape index (κ2) is 7.35. The second-order valence-electron chi connectivity index (χ2n) is 7.10. The van der Waals surface area contributed by atoms with Crippen LogP contribution in [0, 0.1) is 5.92 Å². The molecule has 23 heavy (non-hydrogen) atoms. The van der Waals surface area contributed by atoms with E-state index in [0.29, 0.717) is 0 Å². The van der Waals surface area contributed by atoms with E-state index in [9.17, 15) is 0 Å². The lowest BCUT2D eigenvalue weighted by Gasteiger charge is -2.37. The van der Waals surface area contributed by atoms with Gasteiger partial charge in [0.1, 0.15) is 0 Å². The standard InChI is InChI=1S/C19H29N3O/c1-16-7-11-22(12-8-16)18(20)21-15-19(9-13-23-14-10-19)17-5-3-2-4-6-17/h2-6,16H,7-15H2,1H3,(H2,20,21). The Morgan fingerprint density at radius 3 is 2.52 bits per heavy atom. The summed E-state index contributed by atoms with van der Waals surface area (Å²) in [6.07, 6.45) is 4.47. The summed E-state index contributed by atoms with van der Waals surface area (Å²) in [6, 6.07) is 10.7. The van der Waals surface area contributed by atoms with Crippen LogP contribution in [0.15, 0.2) is 35.3 Å². The van der Waals surface area contributed by atoms with Crippen LogP contribution in [0.1, 0.15) is 38.2 Å². The summed E-state index contributed by atoms with van der Waals surface area (Å²) in [5.41, 5.74) is 7.74. The number of piperidine rings is 1. The fourth-order valence-corrected chi connectivity index (χ4v) is 3.66. The maximum absolute atomic E-state index is 6.29. The van der Waals surface area contributed by atoms with E-state index < -0.39 is 0 Å². The summed E-state index contributed by atoms with van der Waals surface area (Å²) in [5, 5.41) is 0. The molecule has 4 heteroatoms. The van der Waals surface area contributed by atoms with Crippen LogP contribution in [0.3, 0.4) is 0 Å². The first-order valence-corrected chi connectivity index (χ1v) is 8.88. The molecule has 0 aromatic heterocycles. The number of nitrogens with zero attached hydrogens (tertiary/aromatic N) is 2. The Labute approximate surface area is 139 Å². The Morgan fingerprint density at radius 2 is 1.87 bits per heavy atom. The molecule has 2 saturated heterocycles. The third kappa shape index (κ3) is 3.86. The van der Waals surface area contributed by atoms with Crippen LogP contribution < -0.4 is 5.73 Å². The van der Waals surface area contributed by atoms with Crippen LogP contribution in [-0.4, -0.2) is 43.7 Å². The van der Waals surface area contributed by atoms with E-state index in [1.807, 2.05) is 0 Å². The first-order valence-electron chi connectivity index (χ1n) is 8.88. The minimum Gasteiger partial charge on any atom is -0.381 e. The summed E-state index contributed by atoms with van der Waals surface area (Å²) >= 11 is 0. The number of hydrogen-bond donors (Lipinski definition) is 1. The molecule has 1 aromatic rings. The van der Waals surface area contributed by atoms with Gasteiger partial charge in [-0.3, -0.25) is 4.99 Å². The molecule has 0 unspecified atom stereocenters. The predicted molar refractivity (Wildman–Crippen MR) is 94.6 cm³/mol. The monoisotopic (exact) mass is 315 g/mol. The SMILES string of the molecule is CC1CCN(C(N)=NCC2(c3ccccc3)CCOCC2)CC1. The van der Waals surface area contributed by atoms with Gasteiger partial charge in [0.25, 0.3) is 0 Å². The van der Waals surface area contributed by atoms with Gasteiger partial charge in [-0.05, 0) is 37.2 Å². The molecule has 0 bridgehead atoms. The maximum Gasteiger partial charge on any atom is 0.191 e. The molecule has 0 saturated carbocycles. The molecule has 0 atom stereocenters. The molecular weight excluding hydrogens is 286 g/mol. The highest BCUT2D eigenvalue weighted by Gasteiger charge is 2.34. The molecule has 2 aliphatic heterocycles. The summed E-state index contributed by atoms with van der Waals surface area (Å²) in [7, 11) is 0. The van der Waals surface area contributed by atoms with Gasteiger partial charge in [-0.1, -0.05) is 37.3 Å². The number of aliphatic imine (C=N–C) groups is 1. The normalized spacial score (nSPS) is 23.0. The van der Waals surface area contributed by atoms with Crippen LogP contribution in [0.25, 0.3) is 0 Å². The number of guanidine groups is 1. The van der Waals surface area contributed by atoms with Crippen LogP contribution in [0.2, 0.25) is 0 Å². The number of likely N-dealkylation sites (tertiary alicyclic amines) is 1. The lowest BCUT2D eigenvalue weighted by atomic mass is 9.74. The average molecular weight is 315 g/mol. The van der Waals surface area contributed by atoms with Gasteiger partial charge in [0.2, 0.25) is 0 Å². The molecule has 3 rings (SSSR count). The molecular formula is C19H29N3O. The zero-order chi connectivity index (χ0) is 16.1. The van der Waals surface area contributed by atoms with E-state index in [0.717, 1.165) is 57.6 Å². The summed E-state index contributed by atoms with van der Waals surface area (Å²) in [6.45, 7) is 6.78. The van der Waals surface area contributed by atoms with E-state index in [4.69, 9.17) is 15.5 Å². The highest BCUT2D eigenvalue weighted by molar-refractivity contribution is 5.78. The van der Waals surface area contributed by atoms with Gasteiger partial charge >= 0.3 is 0 Å². The van der Waals surface area contributed by atoms with Crippen molar-refractivity contribution >= 4 is 5.96 Å². The fourth-order valence-electron chi connectivity index (χ4n) is 3.66. The van der Waals surface area contributed by atoms with Crippen molar-refractivity contribution < 1.29 is 4.74 Å². The Balaban J connectivity index is 1.73. The van der Waals surface area contributed by atoms with Crippen molar-refractivity contribution in [1.29, 1.82) is 0 Å². The largest absolute Gasteiger partial charge is 0.381 e. The average Bonchev–Trinajstić information content (AvgIpc) is 2.62. The zero-order valence-corrected chi connectivity index (χ0v) is 14.2. The first-order chi connectivity index (χ1) is 11.2. The molecule has 126 valence electrons. The Kier molecular flexibility index (Phi) is 5.21. The van der Waals surface area contributed by atoms with Crippen molar-refractivity contribution in [3.63, 3.8) is 0 Å². The van der Waals surface area contributed by atoms with Gasteiger partial charge in [0, 0.05) is 31.7 Å². The molecule has 4 nitrogen and oxygen atoms in total. The second-order valence-corrected chi connectivity index (χ2v) is 7.10. The zero-order valence-electron chi connectivity index (χ0n) is 14.2. The third-order valence-corrected chi connectivity index (χ3v) is 5.49. The Bertz CT molecular complexity index is 515. The summed E-state index contributed by atoms with van der Waals surface area (Å²) in [4.78, 5) is 7.06. The van der Waals surface area contributed by atoms with Crippen molar-refractivity contribution in [2.75, 3.05) is 32.8 Å². The van der Waals surface area contributed by atoms with Crippen molar-refractivity contribution in [3.8, 4) is 0 Å². The third-order valence-electron chi connectivity index (χ3n) is 5.49. The van der Waals surface area contributed by atoms with Gasteiger partial charge in [0.15, 0.2) is 5.96 Å². The van der Waals surface area contributed by atoms with Crippen molar-refractivity contribution in [3.05, 3.63) is 35.9 Å². The van der Waals surface area contributed by atoms with Gasteiger partial charge in [-0.15, -0.1) is 0 Å². The lowest BCUT2D eigenvalue weighted by Crippen LogP contribution is -2.44. The molecule has 2 aliphatic rings. The van der Waals surface area contributed by atoms with Gasteiger partial charge in [-0.2, -0.15) is 0 Å². The van der Waals surface area contributed by atoms with Crippen molar-refractivity contribution in [1.82, 2.24) is 4.90 Å². The molecule has 0 radical (unpaired) electrons. The van der Waals surface area contributed by atoms with E-state index in [-0.39, 0.29) is 5.41 Å². The minimum atomic E-state index is 0.0766. The summed E-state index contributed by atoms with van der Waals surface area (Å²) in [5.74, 6) is 1.53. The Morgan fingerprint density at radius 1 is 1.22 bits per heavy atom. The van der Waals surface area contributed by atoms with E-state index in [1.165, 1.54) is 18.4 Å². The summed E-state index contributed by atoms with van der Waals surface area (Å²) < 4.78 is 5.59. The Hall–Kier alpha value is -1.55. The molecule has 0 aliphatic carbocycles. The molecule has 0 spiro atoms. The molecule has 2 N–H and O–H groups in total. The lowest BCUT2D eigenvalue weighted by molar-refractivity contribution is 0.0530. The smallest absolute Gasteiger partial charge is 0.191 e. The van der Waals surface area contributed by atoms with Gasteiger partial charge in [0.05, 0.1) is 6.54 Å².